The van der Waals surface area contributed by atoms with Gasteiger partial charge >= 0.3 is 5.97 Å². The van der Waals surface area contributed by atoms with Gasteiger partial charge in [-0.3, -0.25) is 0 Å². The lowest BCUT2D eigenvalue weighted by Crippen LogP contribution is -2.05. The van der Waals surface area contributed by atoms with Gasteiger partial charge in [-0.05, 0) is 24.6 Å². The minimum Gasteiger partial charge on any atom is -0.461 e. The molecule has 0 atom stereocenters. The van der Waals surface area contributed by atoms with E-state index < -0.39 is 5.97 Å². The number of aromatic nitrogens is 3. The number of halogens is 1. The first-order chi connectivity index (χ1) is 8.69. The molecule has 18 heavy (non-hydrogen) atoms. The van der Waals surface area contributed by atoms with Gasteiger partial charge in [0.1, 0.15) is 5.82 Å². The summed E-state index contributed by atoms with van der Waals surface area (Å²) >= 11 is 0. The fraction of sp³-hybridized carbons (Fsp3) is 0.250. The van der Waals surface area contributed by atoms with Crippen molar-refractivity contribution in [2.75, 3.05) is 6.61 Å². The van der Waals surface area contributed by atoms with Crippen molar-refractivity contribution in [3.63, 3.8) is 0 Å². The van der Waals surface area contributed by atoms with E-state index in [0.717, 1.165) is 5.56 Å². The normalized spacial score (nSPS) is 10.3. The van der Waals surface area contributed by atoms with Gasteiger partial charge in [-0.2, -0.15) is 0 Å². The Hall–Kier alpha value is -2.24. The van der Waals surface area contributed by atoms with Crippen LogP contribution in [-0.2, 0) is 11.3 Å². The SMILES string of the molecule is CCOC(=O)c1cn(Cc2ccc(F)cc2)nn1. The summed E-state index contributed by atoms with van der Waals surface area (Å²) in [7, 11) is 0. The van der Waals surface area contributed by atoms with Crippen molar-refractivity contribution in [1.29, 1.82) is 0 Å². The molecule has 1 aromatic carbocycles. The molecule has 2 rings (SSSR count). The molecule has 2 aromatic rings. The molecule has 0 saturated heterocycles. The zero-order chi connectivity index (χ0) is 13.0. The molecule has 0 aliphatic heterocycles. The molecule has 0 radical (unpaired) electrons. The third-order valence-electron chi connectivity index (χ3n) is 2.28. The zero-order valence-corrected chi connectivity index (χ0v) is 9.84. The van der Waals surface area contributed by atoms with Crippen LogP contribution in [0.2, 0.25) is 0 Å². The number of hydrogen-bond acceptors (Lipinski definition) is 4. The van der Waals surface area contributed by atoms with Crippen molar-refractivity contribution in [3.05, 3.63) is 47.5 Å². The van der Waals surface area contributed by atoms with E-state index in [0.29, 0.717) is 13.2 Å². The van der Waals surface area contributed by atoms with Gasteiger partial charge in [0.25, 0.3) is 0 Å². The molecule has 0 fully saturated rings. The summed E-state index contributed by atoms with van der Waals surface area (Å²) in [6.45, 7) is 2.44. The highest BCUT2D eigenvalue weighted by molar-refractivity contribution is 5.86. The van der Waals surface area contributed by atoms with Gasteiger partial charge in [0.2, 0.25) is 0 Å². The molecule has 0 unspecified atom stereocenters. The lowest BCUT2D eigenvalue weighted by Gasteiger charge is -2.00. The van der Waals surface area contributed by atoms with Crippen molar-refractivity contribution >= 4 is 5.97 Å². The fourth-order valence-corrected chi connectivity index (χ4v) is 1.45. The van der Waals surface area contributed by atoms with Crippen LogP contribution in [0.4, 0.5) is 4.39 Å². The number of benzene rings is 1. The van der Waals surface area contributed by atoms with Crippen molar-refractivity contribution in [3.8, 4) is 0 Å². The average Bonchev–Trinajstić information content (AvgIpc) is 2.81. The lowest BCUT2D eigenvalue weighted by atomic mass is 10.2. The Kier molecular flexibility index (Phi) is 3.66. The summed E-state index contributed by atoms with van der Waals surface area (Å²) in [6, 6.07) is 6.05. The second-order valence-electron chi connectivity index (χ2n) is 3.65. The van der Waals surface area contributed by atoms with Crippen molar-refractivity contribution in [2.45, 2.75) is 13.5 Å². The van der Waals surface area contributed by atoms with Gasteiger partial charge in [0.15, 0.2) is 5.69 Å². The molecule has 1 aromatic heterocycles. The van der Waals surface area contributed by atoms with Gasteiger partial charge in [-0.15, -0.1) is 5.10 Å². The smallest absolute Gasteiger partial charge is 0.360 e. The average molecular weight is 249 g/mol. The minimum absolute atomic E-state index is 0.166. The van der Waals surface area contributed by atoms with Crippen molar-refractivity contribution < 1.29 is 13.9 Å². The summed E-state index contributed by atoms with van der Waals surface area (Å²) in [5.41, 5.74) is 1.04. The standard InChI is InChI=1S/C12H12FN3O2/c1-2-18-12(17)11-8-16(15-14-11)7-9-3-5-10(13)6-4-9/h3-6,8H,2,7H2,1H3. The van der Waals surface area contributed by atoms with Gasteiger partial charge in [-0.25, -0.2) is 13.9 Å². The van der Waals surface area contributed by atoms with Crippen LogP contribution in [0.15, 0.2) is 30.5 Å². The van der Waals surface area contributed by atoms with Crippen LogP contribution >= 0.6 is 0 Å². The summed E-state index contributed by atoms with van der Waals surface area (Å²) < 4.78 is 19.0. The van der Waals surface area contributed by atoms with E-state index in [1.54, 1.807) is 19.1 Å². The fourth-order valence-electron chi connectivity index (χ4n) is 1.45. The van der Waals surface area contributed by atoms with Crippen LogP contribution in [0.25, 0.3) is 0 Å². The minimum atomic E-state index is -0.497. The number of rotatable bonds is 4. The summed E-state index contributed by atoms with van der Waals surface area (Å²) in [6.07, 6.45) is 1.50. The topological polar surface area (TPSA) is 57.0 Å². The number of carbonyl (C=O) groups excluding carboxylic acids is 1. The molecule has 0 spiro atoms. The molecule has 6 heteroatoms. The molecule has 0 N–H and O–H groups in total. The monoisotopic (exact) mass is 249 g/mol. The molecular formula is C12H12FN3O2. The van der Waals surface area contributed by atoms with Crippen LogP contribution in [0.1, 0.15) is 23.0 Å². The molecule has 5 nitrogen and oxygen atoms in total. The van der Waals surface area contributed by atoms with Gasteiger partial charge in [0, 0.05) is 0 Å². The third-order valence-corrected chi connectivity index (χ3v) is 2.28. The molecule has 0 aliphatic rings. The van der Waals surface area contributed by atoms with Gasteiger partial charge < -0.3 is 4.74 Å². The maximum absolute atomic E-state index is 12.7. The highest BCUT2D eigenvalue weighted by Gasteiger charge is 2.11. The van der Waals surface area contributed by atoms with E-state index in [1.807, 2.05) is 0 Å². The quantitative estimate of drug-likeness (QED) is 0.773. The zero-order valence-electron chi connectivity index (χ0n) is 9.84. The van der Waals surface area contributed by atoms with Gasteiger partial charge in [0.05, 0.1) is 19.3 Å². The van der Waals surface area contributed by atoms with Crippen LogP contribution in [-0.4, -0.2) is 27.6 Å². The molecule has 0 saturated carbocycles. The van der Waals surface area contributed by atoms with Crippen LogP contribution < -0.4 is 0 Å². The molecule has 94 valence electrons. The highest BCUT2D eigenvalue weighted by Crippen LogP contribution is 2.05. The Balaban J connectivity index is 2.06. The summed E-state index contributed by atoms with van der Waals surface area (Å²) in [4.78, 5) is 11.4. The summed E-state index contributed by atoms with van der Waals surface area (Å²) in [5, 5.41) is 7.52. The molecule has 0 bridgehead atoms. The molecule has 0 amide bonds. The second kappa shape index (κ2) is 5.39. The van der Waals surface area contributed by atoms with E-state index in [9.17, 15) is 9.18 Å². The highest BCUT2D eigenvalue weighted by atomic mass is 19.1. The van der Waals surface area contributed by atoms with E-state index >= 15 is 0 Å². The lowest BCUT2D eigenvalue weighted by molar-refractivity contribution is 0.0519. The number of nitrogens with zero attached hydrogens (tertiary/aromatic N) is 3. The Bertz CT molecular complexity index is 537. The van der Waals surface area contributed by atoms with E-state index in [1.165, 1.54) is 23.0 Å². The number of hydrogen-bond donors (Lipinski definition) is 0. The summed E-state index contributed by atoms with van der Waals surface area (Å²) in [5.74, 6) is -0.785. The first-order valence-corrected chi connectivity index (χ1v) is 5.50. The Morgan fingerprint density at radius 3 is 2.78 bits per heavy atom. The first-order valence-electron chi connectivity index (χ1n) is 5.50. The molecule has 0 aliphatic carbocycles. The maximum atomic E-state index is 12.7. The van der Waals surface area contributed by atoms with Gasteiger partial charge in [-0.1, -0.05) is 17.3 Å². The number of esters is 1. The van der Waals surface area contributed by atoms with E-state index in [-0.39, 0.29) is 11.5 Å². The largest absolute Gasteiger partial charge is 0.461 e. The van der Waals surface area contributed by atoms with Crippen LogP contribution in [0, 0.1) is 5.82 Å². The predicted octanol–water partition coefficient (Wildman–Crippen LogP) is 1.64. The number of carbonyl (C=O) groups is 1. The molecule has 1 heterocycles. The Morgan fingerprint density at radius 1 is 1.39 bits per heavy atom. The van der Waals surface area contributed by atoms with Crippen molar-refractivity contribution in [2.24, 2.45) is 0 Å². The van der Waals surface area contributed by atoms with E-state index in [2.05, 4.69) is 10.3 Å². The van der Waals surface area contributed by atoms with Crippen LogP contribution in [0.5, 0.6) is 0 Å². The second-order valence-corrected chi connectivity index (χ2v) is 3.65. The molecular weight excluding hydrogens is 237 g/mol. The number of ether oxygens (including phenoxy) is 1. The third kappa shape index (κ3) is 2.91. The van der Waals surface area contributed by atoms with Crippen LogP contribution in [0.3, 0.4) is 0 Å². The first kappa shape index (κ1) is 12.2. The van der Waals surface area contributed by atoms with Crippen molar-refractivity contribution in [1.82, 2.24) is 15.0 Å². The Labute approximate surface area is 103 Å². The maximum Gasteiger partial charge on any atom is 0.360 e. The predicted molar refractivity (Wildman–Crippen MR) is 61.5 cm³/mol. The Morgan fingerprint density at radius 2 is 2.11 bits per heavy atom. The van der Waals surface area contributed by atoms with E-state index in [4.69, 9.17) is 4.74 Å².